The summed E-state index contributed by atoms with van der Waals surface area (Å²) >= 11 is 0. The Morgan fingerprint density at radius 3 is 1.36 bits per heavy atom. The van der Waals surface area contributed by atoms with Crippen LogP contribution in [0.15, 0.2) is 60.7 Å². The molecule has 8 nitrogen and oxygen atoms in total. The topological polar surface area (TPSA) is 116 Å². The van der Waals surface area contributed by atoms with Crippen molar-refractivity contribution in [2.45, 2.75) is 40.2 Å². The molecule has 0 unspecified atom stereocenters. The third-order valence-corrected chi connectivity index (χ3v) is 4.67. The molecule has 8 heteroatoms. The maximum atomic E-state index is 13.0. The van der Waals surface area contributed by atoms with E-state index in [0.717, 1.165) is 0 Å². The highest BCUT2D eigenvalue weighted by atomic mass is 16.6. The van der Waals surface area contributed by atoms with E-state index < -0.39 is 46.7 Å². The molecule has 2 rings (SSSR count). The van der Waals surface area contributed by atoms with Crippen LogP contribution in [0.4, 0.5) is 0 Å². The van der Waals surface area contributed by atoms with Crippen molar-refractivity contribution < 1.29 is 33.4 Å². The molecule has 0 aliphatic rings. The smallest absolute Gasteiger partial charge is 0.345 e. The molecule has 0 atom stereocenters. The monoisotopic (exact) mass is 453 g/mol. The minimum atomic E-state index is -1.89. The fraction of sp³-hybridized carbons (Fsp3) is 0.320. The number of hydrogen-bond acceptors (Lipinski definition) is 7. The van der Waals surface area contributed by atoms with E-state index in [1.807, 2.05) is 0 Å². The number of carbonyl (C=O) groups excluding carboxylic acids is 5. The third-order valence-electron chi connectivity index (χ3n) is 4.67. The van der Waals surface area contributed by atoms with Gasteiger partial charge in [0.05, 0.1) is 16.5 Å². The third kappa shape index (κ3) is 6.83. The van der Waals surface area contributed by atoms with Crippen molar-refractivity contribution in [3.63, 3.8) is 0 Å². The molecular weight excluding hydrogens is 426 g/mol. The van der Waals surface area contributed by atoms with Gasteiger partial charge in [0.25, 0.3) is 0 Å². The number of hydrogen-bond donors (Lipinski definition) is 1. The Morgan fingerprint density at radius 1 is 0.667 bits per heavy atom. The summed E-state index contributed by atoms with van der Waals surface area (Å²) in [6, 6.07) is 15.4. The SMILES string of the molecule is CC(C)(C)NC(=O)C(C)(C)C(C(=O)OC(=O)c1ccccc1)C(=O)OC(=O)c1ccccc1. The summed E-state index contributed by atoms with van der Waals surface area (Å²) in [5, 5.41) is 2.70. The normalized spacial score (nSPS) is 11.5. The van der Waals surface area contributed by atoms with Crippen LogP contribution in [0, 0.1) is 11.3 Å². The van der Waals surface area contributed by atoms with Crippen molar-refractivity contribution in [3.05, 3.63) is 71.8 Å². The van der Waals surface area contributed by atoms with Crippen LogP contribution in [0.2, 0.25) is 0 Å². The van der Waals surface area contributed by atoms with Crippen LogP contribution >= 0.6 is 0 Å². The Labute approximate surface area is 192 Å². The summed E-state index contributed by atoms with van der Waals surface area (Å²) < 4.78 is 9.81. The Balaban J connectivity index is 2.34. The summed E-state index contributed by atoms with van der Waals surface area (Å²) in [5.41, 5.74) is -2.23. The van der Waals surface area contributed by atoms with Crippen LogP contribution in [0.1, 0.15) is 55.3 Å². The second-order valence-corrected chi connectivity index (χ2v) is 9.01. The fourth-order valence-corrected chi connectivity index (χ4v) is 2.89. The molecule has 0 bridgehead atoms. The van der Waals surface area contributed by atoms with Crippen LogP contribution in [-0.4, -0.2) is 35.3 Å². The van der Waals surface area contributed by atoms with Crippen molar-refractivity contribution in [2.24, 2.45) is 11.3 Å². The number of nitrogens with one attached hydrogen (secondary N) is 1. The molecule has 2 aromatic carbocycles. The lowest BCUT2D eigenvalue weighted by Gasteiger charge is -2.32. The van der Waals surface area contributed by atoms with Crippen molar-refractivity contribution in [3.8, 4) is 0 Å². The second-order valence-electron chi connectivity index (χ2n) is 9.01. The van der Waals surface area contributed by atoms with Gasteiger partial charge in [-0.25, -0.2) is 9.59 Å². The molecule has 0 aliphatic heterocycles. The number of ether oxygens (including phenoxy) is 2. The fourth-order valence-electron chi connectivity index (χ4n) is 2.89. The Bertz CT molecular complexity index is 972. The van der Waals surface area contributed by atoms with Crippen LogP contribution < -0.4 is 5.32 Å². The van der Waals surface area contributed by atoms with E-state index in [1.165, 1.54) is 38.1 Å². The second kappa shape index (κ2) is 10.2. The molecule has 0 aromatic heterocycles. The van der Waals surface area contributed by atoms with Crippen LogP contribution in [0.3, 0.4) is 0 Å². The van der Waals surface area contributed by atoms with Crippen molar-refractivity contribution in [1.82, 2.24) is 5.32 Å². The minimum absolute atomic E-state index is 0.0790. The standard InChI is InChI=1S/C25H27NO7/c1-24(2,3)26-23(31)25(4,5)18(21(29)32-19(27)16-12-8-6-9-13-16)22(30)33-20(28)17-14-10-7-11-15-17/h6-15,18H,1-5H3,(H,26,31). The van der Waals surface area contributed by atoms with E-state index in [4.69, 9.17) is 9.47 Å². The van der Waals surface area contributed by atoms with E-state index in [-0.39, 0.29) is 11.1 Å². The van der Waals surface area contributed by atoms with E-state index in [9.17, 15) is 24.0 Å². The van der Waals surface area contributed by atoms with Gasteiger partial charge in [-0.2, -0.15) is 0 Å². The lowest BCUT2D eigenvalue weighted by atomic mass is 9.77. The highest BCUT2D eigenvalue weighted by molar-refractivity contribution is 6.09. The first-order chi connectivity index (χ1) is 15.3. The molecule has 174 valence electrons. The zero-order chi connectivity index (χ0) is 24.8. The zero-order valence-electron chi connectivity index (χ0n) is 19.2. The van der Waals surface area contributed by atoms with Crippen LogP contribution in [0.5, 0.6) is 0 Å². The van der Waals surface area contributed by atoms with Gasteiger partial charge in [0.1, 0.15) is 0 Å². The Kier molecular flexibility index (Phi) is 7.87. The average Bonchev–Trinajstić information content (AvgIpc) is 2.73. The molecule has 1 N–H and O–H groups in total. The molecule has 2 aromatic rings. The lowest BCUT2D eigenvalue weighted by Crippen LogP contribution is -2.53. The van der Waals surface area contributed by atoms with Gasteiger partial charge in [0.2, 0.25) is 5.91 Å². The zero-order valence-corrected chi connectivity index (χ0v) is 19.2. The number of carbonyl (C=O) groups is 5. The van der Waals surface area contributed by atoms with Gasteiger partial charge in [-0.15, -0.1) is 0 Å². The van der Waals surface area contributed by atoms with Gasteiger partial charge in [0, 0.05) is 5.54 Å². The van der Waals surface area contributed by atoms with Gasteiger partial charge in [-0.3, -0.25) is 14.4 Å². The predicted octanol–water partition coefficient (Wildman–Crippen LogP) is 3.31. The molecule has 0 spiro atoms. The first kappa shape index (κ1) is 25.5. The quantitative estimate of drug-likeness (QED) is 0.527. The first-order valence-corrected chi connectivity index (χ1v) is 10.3. The van der Waals surface area contributed by atoms with E-state index in [2.05, 4.69) is 5.32 Å². The Morgan fingerprint density at radius 2 is 1.03 bits per heavy atom. The van der Waals surface area contributed by atoms with Crippen molar-refractivity contribution in [2.75, 3.05) is 0 Å². The van der Waals surface area contributed by atoms with Crippen molar-refractivity contribution >= 4 is 29.8 Å². The number of esters is 4. The molecule has 1 amide bonds. The van der Waals surface area contributed by atoms with Gasteiger partial charge < -0.3 is 14.8 Å². The summed E-state index contributed by atoms with van der Waals surface area (Å²) in [4.78, 5) is 63.7. The number of rotatable bonds is 6. The van der Waals surface area contributed by atoms with Crippen molar-refractivity contribution in [1.29, 1.82) is 0 Å². The summed E-state index contributed by atoms with van der Waals surface area (Å²) in [6.45, 7) is 7.85. The van der Waals surface area contributed by atoms with Gasteiger partial charge in [0.15, 0.2) is 5.92 Å². The highest BCUT2D eigenvalue weighted by Gasteiger charge is 2.50. The number of benzene rings is 2. The van der Waals surface area contributed by atoms with Crippen LogP contribution in [0.25, 0.3) is 0 Å². The molecule has 0 radical (unpaired) electrons. The van der Waals surface area contributed by atoms with Gasteiger partial charge >= 0.3 is 23.9 Å². The molecular formula is C25H27NO7. The molecule has 0 fully saturated rings. The van der Waals surface area contributed by atoms with E-state index >= 15 is 0 Å². The molecule has 33 heavy (non-hydrogen) atoms. The molecule has 0 aliphatic carbocycles. The average molecular weight is 453 g/mol. The Hall–Kier alpha value is -3.81. The van der Waals surface area contributed by atoms with E-state index in [1.54, 1.807) is 57.2 Å². The van der Waals surface area contributed by atoms with Gasteiger partial charge in [-0.1, -0.05) is 36.4 Å². The molecule has 0 saturated heterocycles. The maximum Gasteiger partial charge on any atom is 0.345 e. The summed E-state index contributed by atoms with van der Waals surface area (Å²) in [6.07, 6.45) is 0. The summed E-state index contributed by atoms with van der Waals surface area (Å²) in [5.74, 6) is -7.15. The largest absolute Gasteiger partial charge is 0.389 e. The minimum Gasteiger partial charge on any atom is -0.389 e. The summed E-state index contributed by atoms with van der Waals surface area (Å²) in [7, 11) is 0. The maximum absolute atomic E-state index is 13.0. The van der Waals surface area contributed by atoms with Gasteiger partial charge in [-0.05, 0) is 58.9 Å². The first-order valence-electron chi connectivity index (χ1n) is 10.3. The molecule has 0 saturated carbocycles. The van der Waals surface area contributed by atoms with E-state index in [0.29, 0.717) is 0 Å². The number of amides is 1. The predicted molar refractivity (Wildman–Crippen MR) is 119 cm³/mol. The van der Waals surface area contributed by atoms with Crippen LogP contribution in [-0.2, 0) is 23.9 Å². The highest BCUT2D eigenvalue weighted by Crippen LogP contribution is 2.31. The lowest BCUT2D eigenvalue weighted by molar-refractivity contribution is -0.165. The molecule has 0 heterocycles.